The summed E-state index contributed by atoms with van der Waals surface area (Å²) in [7, 11) is 0. The lowest BCUT2D eigenvalue weighted by molar-refractivity contribution is 0.627. The molecular weight excluding hydrogens is 381 g/mol. The lowest BCUT2D eigenvalue weighted by Crippen LogP contribution is -2.25. The summed E-state index contributed by atoms with van der Waals surface area (Å²) >= 11 is 0. The van der Waals surface area contributed by atoms with Gasteiger partial charge in [0.25, 0.3) is 0 Å². The van der Waals surface area contributed by atoms with Gasteiger partial charge in [0, 0.05) is 29.9 Å². The highest BCUT2D eigenvalue weighted by Crippen LogP contribution is 2.32. The number of nitrogens with zero attached hydrogens (tertiary/aromatic N) is 1. The maximum absolute atomic E-state index is 13.3. The van der Waals surface area contributed by atoms with Crippen molar-refractivity contribution in [2.45, 2.75) is 45.6 Å². The number of halogens is 1. The quantitative estimate of drug-likeness (QED) is 0.361. The molecule has 1 aliphatic rings. The molecule has 0 amide bonds. The van der Waals surface area contributed by atoms with Crippen LogP contribution in [-0.2, 0) is 13.0 Å². The Morgan fingerprint density at radius 3 is 1.94 bits per heavy atom. The molecule has 0 unspecified atom stereocenters. The maximum Gasteiger partial charge on any atom is 0.123 e. The van der Waals surface area contributed by atoms with Crippen molar-refractivity contribution < 1.29 is 4.39 Å². The average Bonchev–Trinajstić information content (AvgIpc) is 3.62. The second kappa shape index (κ2) is 10.3. The molecule has 4 rings (SSSR count). The molecule has 0 radical (unpaired) electrons. The van der Waals surface area contributed by atoms with E-state index in [0.717, 1.165) is 42.2 Å². The molecule has 0 atom stereocenters. The van der Waals surface area contributed by atoms with Gasteiger partial charge in [-0.2, -0.15) is 0 Å². The Kier molecular flexibility index (Phi) is 7.05. The van der Waals surface area contributed by atoms with Crippen molar-refractivity contribution in [1.29, 1.82) is 0 Å². The van der Waals surface area contributed by atoms with E-state index in [1.54, 1.807) is 12.1 Å². The molecule has 3 aromatic carbocycles. The summed E-state index contributed by atoms with van der Waals surface area (Å²) in [5.41, 5.74) is 5.79. The monoisotopic (exact) mass is 411 g/mol. The summed E-state index contributed by atoms with van der Waals surface area (Å²) in [6.07, 6.45) is 6.19. The predicted molar refractivity (Wildman–Crippen MR) is 128 cm³/mol. The van der Waals surface area contributed by atoms with Crippen LogP contribution in [-0.4, -0.2) is 6.54 Å². The van der Waals surface area contributed by atoms with Crippen LogP contribution in [0.25, 0.3) is 0 Å². The van der Waals surface area contributed by atoms with Crippen molar-refractivity contribution in [3.8, 4) is 11.8 Å². The highest BCUT2D eigenvalue weighted by atomic mass is 19.1. The number of hydrogen-bond acceptors (Lipinski definition) is 1. The van der Waals surface area contributed by atoms with Crippen molar-refractivity contribution >= 4 is 5.69 Å². The summed E-state index contributed by atoms with van der Waals surface area (Å²) in [5.74, 6) is 7.13. The SMILES string of the molecule is CCCCc1ccc(C#Cc2ccc(CN(CC3CC3)c3ccc(F)cc3)cc2)cc1. The van der Waals surface area contributed by atoms with Gasteiger partial charge in [0.2, 0.25) is 0 Å². The summed E-state index contributed by atoms with van der Waals surface area (Å²) < 4.78 is 13.3. The van der Waals surface area contributed by atoms with Crippen LogP contribution in [0.5, 0.6) is 0 Å². The lowest BCUT2D eigenvalue weighted by Gasteiger charge is -2.25. The smallest absolute Gasteiger partial charge is 0.123 e. The van der Waals surface area contributed by atoms with Crippen LogP contribution >= 0.6 is 0 Å². The summed E-state index contributed by atoms with van der Waals surface area (Å²) in [4.78, 5) is 2.36. The van der Waals surface area contributed by atoms with E-state index in [4.69, 9.17) is 0 Å². The van der Waals surface area contributed by atoms with Crippen LogP contribution < -0.4 is 4.90 Å². The van der Waals surface area contributed by atoms with Gasteiger partial charge in [-0.3, -0.25) is 0 Å². The molecular formula is C29H30FN. The van der Waals surface area contributed by atoms with Crippen LogP contribution in [0.15, 0.2) is 72.8 Å². The van der Waals surface area contributed by atoms with Crippen LogP contribution in [0.2, 0.25) is 0 Å². The summed E-state index contributed by atoms with van der Waals surface area (Å²) in [6.45, 7) is 4.08. The summed E-state index contributed by atoms with van der Waals surface area (Å²) in [6, 6.07) is 24.0. The van der Waals surface area contributed by atoms with Crippen molar-refractivity contribution in [1.82, 2.24) is 0 Å². The molecule has 0 spiro atoms. The van der Waals surface area contributed by atoms with Crippen molar-refractivity contribution in [2.24, 2.45) is 5.92 Å². The molecule has 0 aromatic heterocycles. The van der Waals surface area contributed by atoms with Crippen LogP contribution in [0.3, 0.4) is 0 Å². The first-order chi connectivity index (χ1) is 15.2. The Hall–Kier alpha value is -3.05. The standard InChI is InChI=1S/C29H30FN/c1-2-3-4-23-5-7-24(8-6-23)9-10-25-11-13-26(14-12-25)21-31(22-27-15-16-27)29-19-17-28(30)18-20-29/h5-8,11-14,17-20,27H,2-4,15-16,21-22H2,1H3. The number of hydrogen-bond donors (Lipinski definition) is 0. The minimum Gasteiger partial charge on any atom is -0.367 e. The Bertz CT molecular complexity index is 1020. The number of anilines is 1. The van der Waals surface area contributed by atoms with Crippen LogP contribution in [0.4, 0.5) is 10.1 Å². The topological polar surface area (TPSA) is 3.24 Å². The minimum atomic E-state index is -0.186. The zero-order valence-electron chi connectivity index (χ0n) is 18.3. The van der Waals surface area contributed by atoms with Gasteiger partial charge >= 0.3 is 0 Å². The molecule has 1 aliphatic carbocycles. The molecule has 31 heavy (non-hydrogen) atoms. The average molecular weight is 412 g/mol. The second-order valence-electron chi connectivity index (χ2n) is 8.55. The lowest BCUT2D eigenvalue weighted by atomic mass is 10.1. The van der Waals surface area contributed by atoms with E-state index >= 15 is 0 Å². The third-order valence-electron chi connectivity index (χ3n) is 5.82. The van der Waals surface area contributed by atoms with Gasteiger partial charge in [0.15, 0.2) is 0 Å². The molecule has 2 heteroatoms. The normalized spacial score (nSPS) is 12.8. The zero-order valence-corrected chi connectivity index (χ0v) is 18.3. The number of benzene rings is 3. The maximum atomic E-state index is 13.3. The zero-order chi connectivity index (χ0) is 21.5. The van der Waals surface area contributed by atoms with Gasteiger partial charge in [0.1, 0.15) is 5.82 Å². The van der Waals surface area contributed by atoms with Gasteiger partial charge in [-0.15, -0.1) is 0 Å². The predicted octanol–water partition coefficient (Wildman–Crippen LogP) is 6.98. The molecule has 0 N–H and O–H groups in total. The Labute approximate surface area is 185 Å². The van der Waals surface area contributed by atoms with E-state index in [-0.39, 0.29) is 5.82 Å². The molecule has 1 fully saturated rings. The first kappa shape index (κ1) is 21.2. The first-order valence-corrected chi connectivity index (χ1v) is 11.4. The highest BCUT2D eigenvalue weighted by molar-refractivity contribution is 5.48. The van der Waals surface area contributed by atoms with Gasteiger partial charge < -0.3 is 4.90 Å². The fourth-order valence-corrected chi connectivity index (χ4v) is 3.72. The third kappa shape index (κ3) is 6.46. The van der Waals surface area contributed by atoms with E-state index < -0.39 is 0 Å². The number of aryl methyl sites for hydroxylation is 1. The molecule has 0 saturated heterocycles. The van der Waals surface area contributed by atoms with Crippen molar-refractivity contribution in [3.05, 3.63) is 101 Å². The number of unbranched alkanes of at least 4 members (excludes halogenated alkanes) is 1. The Morgan fingerprint density at radius 1 is 0.806 bits per heavy atom. The van der Waals surface area contributed by atoms with Gasteiger partial charge in [-0.05, 0) is 91.3 Å². The molecule has 0 heterocycles. The first-order valence-electron chi connectivity index (χ1n) is 11.4. The Balaban J connectivity index is 1.40. The summed E-state index contributed by atoms with van der Waals surface area (Å²) in [5, 5.41) is 0. The highest BCUT2D eigenvalue weighted by Gasteiger charge is 2.24. The molecule has 1 nitrogen and oxygen atoms in total. The third-order valence-corrected chi connectivity index (χ3v) is 5.82. The van der Waals surface area contributed by atoms with E-state index in [9.17, 15) is 4.39 Å². The molecule has 3 aromatic rings. The Morgan fingerprint density at radius 2 is 1.39 bits per heavy atom. The fraction of sp³-hybridized carbons (Fsp3) is 0.310. The van der Waals surface area contributed by atoms with Crippen molar-refractivity contribution in [2.75, 3.05) is 11.4 Å². The van der Waals surface area contributed by atoms with E-state index in [1.165, 1.54) is 36.8 Å². The van der Waals surface area contributed by atoms with Crippen molar-refractivity contribution in [3.63, 3.8) is 0 Å². The van der Waals surface area contributed by atoms with E-state index in [0.29, 0.717) is 0 Å². The van der Waals surface area contributed by atoms with Gasteiger partial charge in [-0.1, -0.05) is 49.5 Å². The minimum absolute atomic E-state index is 0.186. The molecule has 1 saturated carbocycles. The van der Waals surface area contributed by atoms with Gasteiger partial charge in [0.05, 0.1) is 0 Å². The van der Waals surface area contributed by atoms with Crippen LogP contribution in [0, 0.1) is 23.6 Å². The van der Waals surface area contributed by atoms with Crippen LogP contribution in [0.1, 0.15) is 54.9 Å². The second-order valence-corrected chi connectivity index (χ2v) is 8.55. The molecule has 158 valence electrons. The van der Waals surface area contributed by atoms with E-state index in [1.807, 2.05) is 12.1 Å². The fourth-order valence-electron chi connectivity index (χ4n) is 3.72. The van der Waals surface area contributed by atoms with E-state index in [2.05, 4.69) is 72.2 Å². The largest absolute Gasteiger partial charge is 0.367 e. The molecule has 0 aliphatic heterocycles. The van der Waals surface area contributed by atoms with Gasteiger partial charge in [-0.25, -0.2) is 4.39 Å². The number of rotatable bonds is 8. The molecule has 0 bridgehead atoms.